The van der Waals surface area contributed by atoms with Gasteiger partial charge in [0.15, 0.2) is 15.8 Å². The molecule has 0 saturated carbocycles. The molecule has 9 heteroatoms. The zero-order valence-corrected chi connectivity index (χ0v) is 21.5. The van der Waals surface area contributed by atoms with Crippen LogP contribution in [0.3, 0.4) is 0 Å². The number of guanidine groups is 1. The van der Waals surface area contributed by atoms with Gasteiger partial charge in [0.2, 0.25) is 0 Å². The summed E-state index contributed by atoms with van der Waals surface area (Å²) in [6, 6.07) is 12.7. The highest BCUT2D eigenvalue weighted by atomic mass is 127. The number of hydrogen-bond donors (Lipinski definition) is 3. The standard InChI is InChI=1S/C22H30N4O3S.HI/c1-5-11-24-21(27)19-8-6-7-17(13-19)14-25-22(23-3)26-15-18-9-10-20(16(2)12-18)30(4,28)29;/h6-10,12-13H,5,11,14-15H2,1-4H3,(H,24,27)(H2,23,25,26);1H. The predicted molar refractivity (Wildman–Crippen MR) is 136 cm³/mol. The molecular weight excluding hydrogens is 527 g/mol. The molecule has 1 amide bonds. The third-order valence-electron chi connectivity index (χ3n) is 4.51. The Balaban J connectivity index is 0.00000480. The molecule has 0 aliphatic carbocycles. The van der Waals surface area contributed by atoms with Gasteiger partial charge in [-0.2, -0.15) is 0 Å². The monoisotopic (exact) mass is 558 g/mol. The Morgan fingerprint density at radius 1 is 1.00 bits per heavy atom. The summed E-state index contributed by atoms with van der Waals surface area (Å²) in [5, 5.41) is 9.32. The topological polar surface area (TPSA) is 99.7 Å². The van der Waals surface area contributed by atoms with Gasteiger partial charge in [-0.3, -0.25) is 9.79 Å². The van der Waals surface area contributed by atoms with Crippen molar-refractivity contribution < 1.29 is 13.2 Å². The number of aliphatic imine (C=N–C) groups is 1. The maximum absolute atomic E-state index is 12.1. The normalized spacial score (nSPS) is 11.4. The van der Waals surface area contributed by atoms with E-state index in [1.54, 1.807) is 32.2 Å². The Bertz CT molecular complexity index is 1020. The van der Waals surface area contributed by atoms with E-state index >= 15 is 0 Å². The highest BCUT2D eigenvalue weighted by Gasteiger charge is 2.11. The van der Waals surface area contributed by atoms with Gasteiger partial charge in [-0.25, -0.2) is 8.42 Å². The van der Waals surface area contributed by atoms with Gasteiger partial charge in [0.1, 0.15) is 0 Å². The van der Waals surface area contributed by atoms with Crippen LogP contribution in [-0.4, -0.2) is 40.1 Å². The van der Waals surface area contributed by atoms with E-state index < -0.39 is 9.84 Å². The zero-order chi connectivity index (χ0) is 22.1. The van der Waals surface area contributed by atoms with Crippen molar-refractivity contribution in [1.29, 1.82) is 0 Å². The van der Waals surface area contributed by atoms with Crippen LogP contribution in [0.15, 0.2) is 52.4 Å². The number of halogens is 1. The van der Waals surface area contributed by atoms with Crippen molar-refractivity contribution in [2.24, 2.45) is 4.99 Å². The second-order valence-corrected chi connectivity index (χ2v) is 9.09. The van der Waals surface area contributed by atoms with Crippen LogP contribution < -0.4 is 16.0 Å². The number of carbonyl (C=O) groups is 1. The van der Waals surface area contributed by atoms with E-state index in [4.69, 9.17) is 0 Å². The first-order chi connectivity index (χ1) is 14.2. The van der Waals surface area contributed by atoms with Gasteiger partial charge in [-0.15, -0.1) is 24.0 Å². The van der Waals surface area contributed by atoms with Crippen LogP contribution in [-0.2, 0) is 22.9 Å². The van der Waals surface area contributed by atoms with Gasteiger partial charge in [-0.05, 0) is 48.2 Å². The third kappa shape index (κ3) is 8.48. The SMILES string of the molecule is CCCNC(=O)c1cccc(CNC(=NC)NCc2ccc(S(C)(=O)=O)c(C)c2)c1.I. The second-order valence-electron chi connectivity index (χ2n) is 7.11. The Morgan fingerprint density at radius 3 is 2.19 bits per heavy atom. The Labute approximate surface area is 202 Å². The van der Waals surface area contributed by atoms with Crippen LogP contribution in [0.1, 0.15) is 40.4 Å². The number of aryl methyl sites for hydroxylation is 1. The van der Waals surface area contributed by atoms with Crippen molar-refractivity contribution in [3.8, 4) is 0 Å². The van der Waals surface area contributed by atoms with Gasteiger partial charge < -0.3 is 16.0 Å². The van der Waals surface area contributed by atoms with E-state index in [2.05, 4.69) is 20.9 Å². The molecule has 0 aliphatic heterocycles. The lowest BCUT2D eigenvalue weighted by molar-refractivity contribution is 0.0953. The minimum Gasteiger partial charge on any atom is -0.352 e. The maximum Gasteiger partial charge on any atom is 0.251 e. The zero-order valence-electron chi connectivity index (χ0n) is 18.4. The van der Waals surface area contributed by atoms with Gasteiger partial charge in [0, 0.05) is 38.5 Å². The Kier molecular flexibility index (Phi) is 11.0. The van der Waals surface area contributed by atoms with E-state index in [1.807, 2.05) is 31.2 Å². The number of rotatable bonds is 8. The molecule has 170 valence electrons. The summed E-state index contributed by atoms with van der Waals surface area (Å²) in [4.78, 5) is 16.7. The fraction of sp³-hybridized carbons (Fsp3) is 0.364. The second kappa shape index (κ2) is 12.7. The molecule has 0 unspecified atom stereocenters. The lowest BCUT2D eigenvalue weighted by Crippen LogP contribution is -2.36. The first-order valence-electron chi connectivity index (χ1n) is 9.85. The number of nitrogens with zero attached hydrogens (tertiary/aromatic N) is 1. The molecule has 0 atom stereocenters. The minimum atomic E-state index is -3.23. The van der Waals surface area contributed by atoms with Crippen molar-refractivity contribution in [2.75, 3.05) is 19.8 Å². The average molecular weight is 558 g/mol. The summed E-state index contributed by atoms with van der Waals surface area (Å²) in [6.45, 7) is 5.48. The lowest BCUT2D eigenvalue weighted by atomic mass is 10.1. The minimum absolute atomic E-state index is 0. The van der Waals surface area contributed by atoms with Crippen LogP contribution in [0.25, 0.3) is 0 Å². The summed E-state index contributed by atoms with van der Waals surface area (Å²) in [5.74, 6) is 0.537. The molecule has 3 N–H and O–H groups in total. The molecule has 2 aromatic carbocycles. The molecule has 2 rings (SSSR count). The van der Waals surface area contributed by atoms with E-state index in [1.165, 1.54) is 6.26 Å². The molecule has 2 aromatic rings. The fourth-order valence-corrected chi connectivity index (χ4v) is 3.95. The van der Waals surface area contributed by atoms with Gasteiger partial charge >= 0.3 is 0 Å². The van der Waals surface area contributed by atoms with Gasteiger partial charge in [-0.1, -0.05) is 31.2 Å². The van der Waals surface area contributed by atoms with Crippen molar-refractivity contribution in [1.82, 2.24) is 16.0 Å². The summed E-state index contributed by atoms with van der Waals surface area (Å²) in [6.07, 6.45) is 2.10. The summed E-state index contributed by atoms with van der Waals surface area (Å²) < 4.78 is 23.5. The highest BCUT2D eigenvalue weighted by molar-refractivity contribution is 14.0. The fourth-order valence-electron chi connectivity index (χ4n) is 2.99. The molecule has 0 fully saturated rings. The average Bonchev–Trinajstić information content (AvgIpc) is 2.71. The Morgan fingerprint density at radius 2 is 1.65 bits per heavy atom. The van der Waals surface area contributed by atoms with E-state index in [0.717, 1.165) is 23.1 Å². The third-order valence-corrected chi connectivity index (χ3v) is 5.76. The molecule has 0 aromatic heterocycles. The van der Waals surface area contributed by atoms with Crippen LogP contribution in [0.5, 0.6) is 0 Å². The number of amides is 1. The molecule has 0 aliphatic rings. The van der Waals surface area contributed by atoms with Crippen LogP contribution in [0, 0.1) is 6.92 Å². The number of nitrogens with one attached hydrogen (secondary N) is 3. The van der Waals surface area contributed by atoms with Crippen molar-refractivity contribution in [3.05, 3.63) is 64.7 Å². The molecule has 0 radical (unpaired) electrons. The predicted octanol–water partition coefficient (Wildman–Crippen LogP) is 3.02. The number of carbonyl (C=O) groups excluding carboxylic acids is 1. The van der Waals surface area contributed by atoms with Crippen LogP contribution in [0.2, 0.25) is 0 Å². The number of sulfone groups is 1. The summed E-state index contributed by atoms with van der Waals surface area (Å²) in [7, 11) is -1.54. The number of hydrogen-bond acceptors (Lipinski definition) is 4. The molecule has 0 saturated heterocycles. The van der Waals surface area contributed by atoms with Gasteiger partial charge in [0.25, 0.3) is 5.91 Å². The Hall–Kier alpha value is -2.14. The first kappa shape index (κ1) is 26.9. The molecule has 0 spiro atoms. The van der Waals surface area contributed by atoms with Crippen LogP contribution >= 0.6 is 24.0 Å². The van der Waals surface area contributed by atoms with Crippen LogP contribution in [0.4, 0.5) is 0 Å². The quantitative estimate of drug-likeness (QED) is 0.263. The largest absolute Gasteiger partial charge is 0.352 e. The number of benzene rings is 2. The lowest BCUT2D eigenvalue weighted by Gasteiger charge is -2.13. The van der Waals surface area contributed by atoms with Crippen molar-refractivity contribution in [2.45, 2.75) is 38.3 Å². The molecular formula is C22H31IN4O3S. The highest BCUT2D eigenvalue weighted by Crippen LogP contribution is 2.16. The summed E-state index contributed by atoms with van der Waals surface area (Å²) in [5.41, 5.74) is 3.28. The maximum atomic E-state index is 12.1. The molecule has 31 heavy (non-hydrogen) atoms. The molecule has 0 bridgehead atoms. The van der Waals surface area contributed by atoms with E-state index in [-0.39, 0.29) is 29.9 Å². The molecule has 0 heterocycles. The molecule has 7 nitrogen and oxygen atoms in total. The van der Waals surface area contributed by atoms with Crippen molar-refractivity contribution >= 4 is 45.7 Å². The first-order valence-corrected chi connectivity index (χ1v) is 11.7. The van der Waals surface area contributed by atoms with E-state index in [9.17, 15) is 13.2 Å². The van der Waals surface area contributed by atoms with Crippen molar-refractivity contribution in [3.63, 3.8) is 0 Å². The van der Waals surface area contributed by atoms with Gasteiger partial charge in [0.05, 0.1) is 4.90 Å². The summed E-state index contributed by atoms with van der Waals surface area (Å²) >= 11 is 0. The smallest absolute Gasteiger partial charge is 0.251 e. The van der Waals surface area contributed by atoms with E-state index in [0.29, 0.717) is 36.1 Å².